The molecule has 0 bridgehead atoms. The van der Waals surface area contributed by atoms with Crippen molar-refractivity contribution in [3.63, 3.8) is 0 Å². The molecule has 3 aliphatic rings. The second kappa shape index (κ2) is 8.83. The summed E-state index contributed by atoms with van der Waals surface area (Å²) in [6, 6.07) is 8.07. The van der Waals surface area contributed by atoms with Crippen molar-refractivity contribution in [3.05, 3.63) is 46.9 Å². The summed E-state index contributed by atoms with van der Waals surface area (Å²) in [6.45, 7) is 4.43. The normalized spacial score (nSPS) is 19.0. The van der Waals surface area contributed by atoms with E-state index in [4.69, 9.17) is 19.4 Å². The van der Waals surface area contributed by atoms with Gasteiger partial charge in [-0.3, -0.25) is 4.79 Å². The Morgan fingerprint density at radius 2 is 1.90 bits per heavy atom. The van der Waals surface area contributed by atoms with Crippen LogP contribution in [0.5, 0.6) is 5.75 Å². The lowest BCUT2D eigenvalue weighted by Gasteiger charge is -2.37. The van der Waals surface area contributed by atoms with Gasteiger partial charge in [-0.15, -0.1) is 0 Å². The number of rotatable bonds is 5. The van der Waals surface area contributed by atoms with E-state index in [1.165, 1.54) is 6.42 Å². The number of ether oxygens (including phenoxy) is 2. The predicted molar refractivity (Wildman–Crippen MR) is 117 cm³/mol. The van der Waals surface area contributed by atoms with Gasteiger partial charge in [-0.1, -0.05) is 18.6 Å². The molecule has 164 valence electrons. The van der Waals surface area contributed by atoms with Gasteiger partial charge in [0.25, 0.3) is 0 Å². The van der Waals surface area contributed by atoms with Crippen LogP contribution in [-0.2, 0) is 28.9 Å². The topological polar surface area (TPSA) is 67.8 Å². The van der Waals surface area contributed by atoms with Gasteiger partial charge in [0, 0.05) is 44.0 Å². The Balaban J connectivity index is 1.43. The summed E-state index contributed by atoms with van der Waals surface area (Å²) >= 11 is 0. The number of amides is 1. The molecule has 1 saturated heterocycles. The molecule has 1 saturated carbocycles. The number of benzene rings is 1. The lowest BCUT2D eigenvalue weighted by molar-refractivity contribution is -0.139. The molecular formula is C24H30N4O3. The Hall–Kier alpha value is -2.67. The maximum absolute atomic E-state index is 12.9. The first kappa shape index (κ1) is 20.2. The van der Waals surface area contributed by atoms with E-state index in [1.807, 2.05) is 17.0 Å². The molecular weight excluding hydrogens is 392 g/mol. The van der Waals surface area contributed by atoms with E-state index in [9.17, 15) is 4.79 Å². The van der Waals surface area contributed by atoms with Crippen LogP contribution in [0.4, 0.5) is 5.82 Å². The zero-order chi connectivity index (χ0) is 21.2. The Morgan fingerprint density at radius 3 is 2.58 bits per heavy atom. The second-order valence-corrected chi connectivity index (χ2v) is 8.65. The van der Waals surface area contributed by atoms with E-state index in [0.29, 0.717) is 32.1 Å². The number of carbonyl (C=O) groups excluding carboxylic acids is 1. The van der Waals surface area contributed by atoms with E-state index in [2.05, 4.69) is 17.0 Å². The Kier molecular flexibility index (Phi) is 5.76. The molecule has 0 atom stereocenters. The van der Waals surface area contributed by atoms with Crippen molar-refractivity contribution in [3.8, 4) is 5.75 Å². The minimum atomic E-state index is 0.226. The van der Waals surface area contributed by atoms with Crippen LogP contribution in [0.3, 0.4) is 0 Å². The van der Waals surface area contributed by atoms with Crippen molar-refractivity contribution in [1.82, 2.24) is 14.9 Å². The molecule has 1 aromatic carbocycles. The number of carbonyl (C=O) groups is 1. The largest absolute Gasteiger partial charge is 0.497 e. The highest BCUT2D eigenvalue weighted by Crippen LogP contribution is 2.33. The van der Waals surface area contributed by atoms with Crippen LogP contribution < -0.4 is 9.64 Å². The summed E-state index contributed by atoms with van der Waals surface area (Å²) in [6.07, 6.45) is 4.73. The van der Waals surface area contributed by atoms with Crippen molar-refractivity contribution in [2.24, 2.45) is 5.92 Å². The number of hydrogen-bond donors (Lipinski definition) is 0. The number of aromatic nitrogens is 2. The summed E-state index contributed by atoms with van der Waals surface area (Å²) in [5.41, 5.74) is 3.38. The highest BCUT2D eigenvalue weighted by Gasteiger charge is 2.33. The minimum Gasteiger partial charge on any atom is -0.497 e. The average molecular weight is 423 g/mol. The fourth-order valence-electron chi connectivity index (χ4n) is 4.59. The van der Waals surface area contributed by atoms with Crippen LogP contribution in [0.25, 0.3) is 0 Å². The maximum Gasteiger partial charge on any atom is 0.225 e. The van der Waals surface area contributed by atoms with Crippen LogP contribution in [0.1, 0.15) is 41.9 Å². The van der Waals surface area contributed by atoms with Gasteiger partial charge in [-0.2, -0.15) is 0 Å². The van der Waals surface area contributed by atoms with Crippen LogP contribution >= 0.6 is 0 Å². The Labute approximate surface area is 183 Å². The summed E-state index contributed by atoms with van der Waals surface area (Å²) in [4.78, 5) is 27.2. The average Bonchev–Trinajstić information content (AvgIpc) is 2.78. The van der Waals surface area contributed by atoms with E-state index in [1.54, 1.807) is 7.11 Å². The molecule has 1 aromatic heterocycles. The zero-order valence-electron chi connectivity index (χ0n) is 18.2. The number of fused-ring (bicyclic) bond motifs is 1. The van der Waals surface area contributed by atoms with Crippen molar-refractivity contribution in [2.45, 2.75) is 38.6 Å². The highest BCUT2D eigenvalue weighted by molar-refractivity contribution is 5.80. The molecule has 1 amide bonds. The fourth-order valence-corrected chi connectivity index (χ4v) is 4.59. The number of methoxy groups -OCH3 is 1. The molecule has 3 heterocycles. The third-order valence-corrected chi connectivity index (χ3v) is 6.68. The fraction of sp³-hybridized carbons (Fsp3) is 0.542. The third kappa shape index (κ3) is 4.24. The Morgan fingerprint density at radius 1 is 1.13 bits per heavy atom. The van der Waals surface area contributed by atoms with Gasteiger partial charge in [0.15, 0.2) is 0 Å². The zero-order valence-corrected chi connectivity index (χ0v) is 18.2. The molecule has 2 aromatic rings. The number of hydrogen-bond acceptors (Lipinski definition) is 6. The monoisotopic (exact) mass is 422 g/mol. The van der Waals surface area contributed by atoms with Gasteiger partial charge in [0.1, 0.15) is 17.4 Å². The summed E-state index contributed by atoms with van der Waals surface area (Å²) in [5.74, 6) is 3.21. The Bertz CT molecular complexity index is 937. The number of anilines is 1. The SMILES string of the molecule is COc1ccc(Cc2nc3c(c(N4CCOCC4)n2)CN(C(=O)C2CCC2)CC3)cc1. The van der Waals surface area contributed by atoms with Crippen LogP contribution in [0.15, 0.2) is 24.3 Å². The van der Waals surface area contributed by atoms with Crippen molar-refractivity contribution < 1.29 is 14.3 Å². The van der Waals surface area contributed by atoms with Crippen LogP contribution in [0.2, 0.25) is 0 Å². The first-order valence-corrected chi connectivity index (χ1v) is 11.3. The molecule has 0 radical (unpaired) electrons. The lowest BCUT2D eigenvalue weighted by Crippen LogP contribution is -2.44. The molecule has 0 spiro atoms. The summed E-state index contributed by atoms with van der Waals surface area (Å²) < 4.78 is 10.8. The van der Waals surface area contributed by atoms with Gasteiger partial charge in [-0.25, -0.2) is 9.97 Å². The van der Waals surface area contributed by atoms with Gasteiger partial charge >= 0.3 is 0 Å². The molecule has 2 aliphatic heterocycles. The first-order valence-electron chi connectivity index (χ1n) is 11.3. The van der Waals surface area contributed by atoms with Crippen LogP contribution in [0, 0.1) is 5.92 Å². The standard InChI is InChI=1S/C24H30N4O3/c1-30-19-7-5-17(6-8-19)15-22-25-21-9-10-28(24(29)18-3-2-4-18)16-20(21)23(26-22)27-11-13-31-14-12-27/h5-8,18H,2-4,9-16H2,1H3. The minimum absolute atomic E-state index is 0.226. The van der Waals surface area contributed by atoms with Gasteiger partial charge < -0.3 is 19.3 Å². The first-order chi connectivity index (χ1) is 15.2. The highest BCUT2D eigenvalue weighted by atomic mass is 16.5. The molecule has 0 unspecified atom stereocenters. The maximum atomic E-state index is 12.9. The predicted octanol–water partition coefficient (Wildman–Crippen LogP) is 2.60. The smallest absolute Gasteiger partial charge is 0.225 e. The van der Waals surface area contributed by atoms with Crippen molar-refractivity contribution in [2.75, 3.05) is 44.9 Å². The molecule has 7 heteroatoms. The molecule has 31 heavy (non-hydrogen) atoms. The summed E-state index contributed by atoms with van der Waals surface area (Å²) in [7, 11) is 1.68. The third-order valence-electron chi connectivity index (χ3n) is 6.68. The quantitative estimate of drug-likeness (QED) is 0.738. The summed E-state index contributed by atoms with van der Waals surface area (Å²) in [5, 5.41) is 0. The van der Waals surface area contributed by atoms with Gasteiger partial charge in [0.2, 0.25) is 5.91 Å². The van der Waals surface area contributed by atoms with E-state index in [-0.39, 0.29) is 5.92 Å². The molecule has 1 aliphatic carbocycles. The number of morpholine rings is 1. The van der Waals surface area contributed by atoms with Gasteiger partial charge in [0.05, 0.1) is 32.6 Å². The van der Waals surface area contributed by atoms with E-state index >= 15 is 0 Å². The molecule has 0 N–H and O–H groups in total. The van der Waals surface area contributed by atoms with E-state index in [0.717, 1.165) is 73.1 Å². The molecule has 7 nitrogen and oxygen atoms in total. The van der Waals surface area contributed by atoms with Crippen molar-refractivity contribution in [1.29, 1.82) is 0 Å². The molecule has 2 fully saturated rings. The van der Waals surface area contributed by atoms with E-state index < -0.39 is 0 Å². The number of nitrogens with zero attached hydrogens (tertiary/aromatic N) is 4. The van der Waals surface area contributed by atoms with Gasteiger partial charge in [-0.05, 0) is 30.5 Å². The van der Waals surface area contributed by atoms with Crippen LogP contribution in [-0.4, -0.2) is 60.7 Å². The lowest BCUT2D eigenvalue weighted by atomic mass is 9.84. The molecule has 5 rings (SSSR count). The second-order valence-electron chi connectivity index (χ2n) is 8.65. The van der Waals surface area contributed by atoms with Crippen molar-refractivity contribution >= 4 is 11.7 Å².